The highest BCUT2D eigenvalue weighted by atomic mass is 19.3. The van der Waals surface area contributed by atoms with Gasteiger partial charge in [0.25, 0.3) is 0 Å². The van der Waals surface area contributed by atoms with Crippen molar-refractivity contribution in [1.82, 2.24) is 9.13 Å². The lowest BCUT2D eigenvalue weighted by Gasteiger charge is -2.26. The summed E-state index contributed by atoms with van der Waals surface area (Å²) in [6.07, 6.45) is 0. The zero-order chi connectivity index (χ0) is 31.5. The first kappa shape index (κ1) is 30.4. The molecule has 4 aromatic rings. The van der Waals surface area contributed by atoms with E-state index in [-0.39, 0.29) is 35.6 Å². The number of nitrogens with zero attached hydrogens (tertiary/aromatic N) is 2. The predicted octanol–water partition coefficient (Wildman–Crippen LogP) is 9.13. The average Bonchev–Trinajstić information content (AvgIpc) is 3.53. The third-order valence-electron chi connectivity index (χ3n) is 8.12. The first-order valence-corrected chi connectivity index (χ1v) is 13.8. The number of ether oxygens (including phenoxy) is 2. The van der Waals surface area contributed by atoms with E-state index in [9.17, 15) is 0 Å². The first-order valence-electron chi connectivity index (χ1n) is 13.8. The van der Waals surface area contributed by atoms with Crippen LogP contribution in [0.5, 0.6) is 11.5 Å². The van der Waals surface area contributed by atoms with Crippen LogP contribution >= 0.6 is 0 Å². The van der Waals surface area contributed by atoms with Crippen LogP contribution in [0.2, 0.25) is 0 Å². The summed E-state index contributed by atoms with van der Waals surface area (Å²) < 4.78 is 108. The highest BCUT2D eigenvalue weighted by Gasteiger charge is 2.81. The monoisotopic (exact) mass is 602 g/mol. The molecule has 0 bridgehead atoms. The van der Waals surface area contributed by atoms with Gasteiger partial charge in [-0.05, 0) is 111 Å². The quantitative estimate of drug-likeness (QED) is 0.188. The van der Waals surface area contributed by atoms with Gasteiger partial charge in [0.2, 0.25) is 0 Å². The van der Waals surface area contributed by atoms with Crippen LogP contribution in [-0.2, 0) is 13.1 Å². The van der Waals surface area contributed by atoms with Gasteiger partial charge in [-0.1, -0.05) is 0 Å². The molecular weight excluding hydrogens is 570 g/mol. The Kier molecular flexibility index (Phi) is 7.47. The fraction of sp³-hybridized carbons (Fsp3) is 0.333. The van der Waals surface area contributed by atoms with E-state index in [4.69, 9.17) is 9.47 Å². The molecular formula is C33H32F6N2O2. The molecule has 228 valence electrons. The Morgan fingerprint density at radius 3 is 1.19 bits per heavy atom. The fourth-order valence-electron chi connectivity index (χ4n) is 6.05. The van der Waals surface area contributed by atoms with Crippen LogP contribution in [0.3, 0.4) is 0 Å². The molecule has 10 heteroatoms. The van der Waals surface area contributed by atoms with Gasteiger partial charge in [-0.15, -0.1) is 0 Å². The number of halogens is 6. The van der Waals surface area contributed by atoms with Crippen molar-refractivity contribution in [2.24, 2.45) is 0 Å². The smallest absolute Gasteiger partial charge is 0.380 e. The number of aromatic nitrogens is 2. The van der Waals surface area contributed by atoms with Gasteiger partial charge in [-0.3, -0.25) is 0 Å². The van der Waals surface area contributed by atoms with Gasteiger partial charge in [0, 0.05) is 24.5 Å². The summed E-state index contributed by atoms with van der Waals surface area (Å²) in [5, 5.41) is 0. The Hall–Kier alpha value is -4.08. The molecule has 0 atom stereocenters. The van der Waals surface area contributed by atoms with E-state index in [1.54, 1.807) is 74.5 Å². The molecule has 0 amide bonds. The maximum absolute atomic E-state index is 16.0. The molecule has 1 aliphatic rings. The first-order chi connectivity index (χ1) is 20.3. The van der Waals surface area contributed by atoms with Gasteiger partial charge in [0.1, 0.15) is 11.5 Å². The minimum atomic E-state index is -5.67. The van der Waals surface area contributed by atoms with E-state index in [0.717, 1.165) is 0 Å². The van der Waals surface area contributed by atoms with Crippen LogP contribution in [0.4, 0.5) is 26.3 Å². The van der Waals surface area contributed by atoms with Crippen LogP contribution in [-0.4, -0.2) is 41.1 Å². The number of hydrogen-bond acceptors (Lipinski definition) is 2. The number of hydrogen-bond donors (Lipinski definition) is 0. The number of aryl methyl sites for hydroxylation is 2. The Morgan fingerprint density at radius 1 is 0.581 bits per heavy atom. The second-order valence-electron chi connectivity index (χ2n) is 10.5. The fourth-order valence-corrected chi connectivity index (χ4v) is 6.05. The molecule has 43 heavy (non-hydrogen) atoms. The molecule has 0 spiro atoms. The minimum absolute atomic E-state index is 0.0689. The molecule has 2 aromatic carbocycles. The molecule has 5 rings (SSSR count). The lowest BCUT2D eigenvalue weighted by molar-refractivity contribution is -0.254. The minimum Gasteiger partial charge on any atom is -0.497 e. The zero-order valence-corrected chi connectivity index (χ0v) is 24.7. The predicted molar refractivity (Wildman–Crippen MR) is 155 cm³/mol. The summed E-state index contributed by atoms with van der Waals surface area (Å²) in [4.78, 5) is 0. The van der Waals surface area contributed by atoms with Crippen molar-refractivity contribution in [3.05, 3.63) is 83.2 Å². The lowest BCUT2D eigenvalue weighted by Crippen LogP contribution is -2.49. The number of allylic oxidation sites excluding steroid dienone is 2. The Bertz CT molecular complexity index is 1570. The molecule has 4 nitrogen and oxygen atoms in total. The van der Waals surface area contributed by atoms with Crippen LogP contribution < -0.4 is 9.47 Å². The third kappa shape index (κ3) is 4.36. The topological polar surface area (TPSA) is 28.3 Å². The largest absolute Gasteiger partial charge is 0.497 e. The summed E-state index contributed by atoms with van der Waals surface area (Å²) in [5.41, 5.74) is -1.02. The standard InChI is InChI=1S/C33H32F6N2O2/c1-7-40-25(21-9-13-23(42-5)14-10-21)17-19(3)29(40)27-28(32(36,37)33(38,39)31(27,34)35)30-20(4)18-26(41(30)8-2)22-11-15-24(43-6)16-12-22/h9-18H,7-8H2,1-6H3. The zero-order valence-electron chi connectivity index (χ0n) is 24.7. The average molecular weight is 603 g/mol. The molecule has 0 radical (unpaired) electrons. The summed E-state index contributed by atoms with van der Waals surface area (Å²) in [5.74, 6) is -14.9. The van der Waals surface area contributed by atoms with Crippen molar-refractivity contribution >= 4 is 11.1 Å². The highest BCUT2D eigenvalue weighted by Crippen LogP contribution is 2.65. The molecule has 0 N–H and O–H groups in total. The molecule has 0 aliphatic heterocycles. The van der Waals surface area contributed by atoms with Crippen molar-refractivity contribution in [3.8, 4) is 34.0 Å². The van der Waals surface area contributed by atoms with Crippen LogP contribution in [0.1, 0.15) is 36.4 Å². The number of benzene rings is 2. The van der Waals surface area contributed by atoms with E-state index in [2.05, 4.69) is 0 Å². The molecule has 0 saturated heterocycles. The van der Waals surface area contributed by atoms with Crippen molar-refractivity contribution in [1.29, 1.82) is 0 Å². The summed E-state index contributed by atoms with van der Waals surface area (Å²) >= 11 is 0. The van der Waals surface area contributed by atoms with Gasteiger partial charge in [-0.2, -0.15) is 26.3 Å². The molecule has 0 fully saturated rings. The number of rotatable bonds is 8. The van der Waals surface area contributed by atoms with Crippen LogP contribution in [0.15, 0.2) is 60.7 Å². The van der Waals surface area contributed by atoms with Gasteiger partial charge < -0.3 is 18.6 Å². The Balaban J connectivity index is 1.85. The van der Waals surface area contributed by atoms with Gasteiger partial charge >= 0.3 is 17.8 Å². The molecule has 2 aromatic heterocycles. The Morgan fingerprint density at radius 2 is 0.907 bits per heavy atom. The molecule has 0 saturated carbocycles. The molecule has 2 heterocycles. The maximum Gasteiger partial charge on any atom is 0.380 e. The van der Waals surface area contributed by atoms with E-state index in [0.29, 0.717) is 34.0 Å². The van der Waals surface area contributed by atoms with E-state index in [1.165, 1.54) is 37.2 Å². The van der Waals surface area contributed by atoms with Crippen molar-refractivity contribution in [3.63, 3.8) is 0 Å². The molecule has 0 unspecified atom stereocenters. The normalized spacial score (nSPS) is 17.0. The van der Waals surface area contributed by atoms with Crippen molar-refractivity contribution in [2.45, 2.75) is 58.6 Å². The maximum atomic E-state index is 16.0. The van der Waals surface area contributed by atoms with Gasteiger partial charge in [0.15, 0.2) is 0 Å². The van der Waals surface area contributed by atoms with E-state index >= 15 is 26.3 Å². The summed E-state index contributed by atoms with van der Waals surface area (Å²) in [7, 11) is 2.99. The van der Waals surface area contributed by atoms with E-state index in [1.807, 2.05) is 0 Å². The summed E-state index contributed by atoms with van der Waals surface area (Å²) in [6, 6.07) is 16.6. The van der Waals surface area contributed by atoms with Crippen LogP contribution in [0.25, 0.3) is 33.7 Å². The van der Waals surface area contributed by atoms with Crippen molar-refractivity contribution in [2.75, 3.05) is 14.2 Å². The third-order valence-corrected chi connectivity index (χ3v) is 8.12. The number of methoxy groups -OCH3 is 2. The highest BCUT2D eigenvalue weighted by molar-refractivity contribution is 6.02. The SMILES string of the molecule is CCn1c(-c2ccc(OC)cc2)cc(C)c1C1=C(c2c(C)cc(-c3ccc(OC)cc3)n2CC)C(F)(F)C(F)(F)C1(F)F. The summed E-state index contributed by atoms with van der Waals surface area (Å²) in [6.45, 7) is 6.39. The molecule has 1 aliphatic carbocycles. The van der Waals surface area contributed by atoms with E-state index < -0.39 is 28.9 Å². The van der Waals surface area contributed by atoms with Crippen LogP contribution in [0, 0.1) is 13.8 Å². The van der Waals surface area contributed by atoms with Gasteiger partial charge in [-0.25, -0.2) is 0 Å². The van der Waals surface area contributed by atoms with Gasteiger partial charge in [0.05, 0.1) is 36.8 Å². The lowest BCUT2D eigenvalue weighted by atomic mass is 9.98. The van der Waals surface area contributed by atoms with Crippen molar-refractivity contribution < 1.29 is 35.8 Å². The second kappa shape index (κ2) is 10.6. The second-order valence-corrected chi connectivity index (χ2v) is 10.5. The number of alkyl halides is 6. The Labute approximate surface area is 246 Å².